The maximum Gasteiger partial charge on any atom is 0.416 e. The van der Waals surface area contributed by atoms with Crippen molar-refractivity contribution >= 4 is 27.6 Å². The van der Waals surface area contributed by atoms with Crippen LogP contribution < -0.4 is 0 Å². The van der Waals surface area contributed by atoms with Gasteiger partial charge in [-0.25, -0.2) is 13.2 Å². The quantitative estimate of drug-likeness (QED) is 0.841. The number of carbonyl (C=O) groups is 1. The number of hydrogen-bond donors (Lipinski definition) is 1. The normalized spacial score (nSPS) is 12.4. The summed E-state index contributed by atoms with van der Waals surface area (Å²) >= 11 is 0.894. The first-order chi connectivity index (χ1) is 9.00. The zero-order chi connectivity index (χ0) is 15.6. The van der Waals surface area contributed by atoms with Gasteiger partial charge in [-0.3, -0.25) is 0 Å². The number of sulfone groups is 1. The molecule has 1 aromatic rings. The molecular formula is C11H11F3O4S2. The fourth-order valence-electron chi connectivity index (χ4n) is 1.30. The number of rotatable bonds is 5. The van der Waals surface area contributed by atoms with Gasteiger partial charge in [0.25, 0.3) is 0 Å². The Morgan fingerprint density at radius 2 is 1.95 bits per heavy atom. The summed E-state index contributed by atoms with van der Waals surface area (Å²) in [5.41, 5.74) is -1.54. The van der Waals surface area contributed by atoms with Gasteiger partial charge in [0, 0.05) is 16.9 Å². The fourth-order valence-corrected chi connectivity index (χ4v) is 3.53. The van der Waals surface area contributed by atoms with Crippen LogP contribution in [-0.4, -0.2) is 37.3 Å². The lowest BCUT2D eigenvalue weighted by Crippen LogP contribution is -2.09. The van der Waals surface area contributed by atoms with Gasteiger partial charge >= 0.3 is 12.1 Å². The Hall–Kier alpha value is -1.22. The minimum absolute atomic E-state index is 0.0739. The molecule has 1 aromatic carbocycles. The lowest BCUT2D eigenvalue weighted by atomic mass is 10.1. The van der Waals surface area contributed by atoms with Crippen LogP contribution in [0.15, 0.2) is 23.1 Å². The summed E-state index contributed by atoms with van der Waals surface area (Å²) in [7, 11) is -3.21. The van der Waals surface area contributed by atoms with Crippen LogP contribution in [0.1, 0.15) is 15.9 Å². The molecule has 0 unspecified atom stereocenters. The van der Waals surface area contributed by atoms with E-state index in [4.69, 9.17) is 5.11 Å². The highest BCUT2D eigenvalue weighted by Gasteiger charge is 2.31. The van der Waals surface area contributed by atoms with Crippen LogP contribution in [0.5, 0.6) is 0 Å². The number of benzene rings is 1. The van der Waals surface area contributed by atoms with E-state index in [2.05, 4.69) is 0 Å². The van der Waals surface area contributed by atoms with E-state index in [0.717, 1.165) is 30.2 Å². The van der Waals surface area contributed by atoms with Gasteiger partial charge in [-0.15, -0.1) is 11.8 Å². The molecule has 0 fully saturated rings. The third kappa shape index (κ3) is 5.04. The van der Waals surface area contributed by atoms with E-state index < -0.39 is 33.1 Å². The highest BCUT2D eigenvalue weighted by Crippen LogP contribution is 2.33. The molecule has 0 heterocycles. The lowest BCUT2D eigenvalue weighted by Gasteiger charge is -2.10. The topological polar surface area (TPSA) is 71.4 Å². The first-order valence-corrected chi connectivity index (χ1v) is 8.30. The van der Waals surface area contributed by atoms with Gasteiger partial charge in [-0.2, -0.15) is 13.2 Å². The number of carboxylic acid groups (broad SMARTS) is 1. The Balaban J connectivity index is 3.00. The number of alkyl halides is 3. The minimum Gasteiger partial charge on any atom is -0.478 e. The van der Waals surface area contributed by atoms with Crippen LogP contribution in [-0.2, 0) is 16.0 Å². The number of hydrogen-bond acceptors (Lipinski definition) is 4. The van der Waals surface area contributed by atoms with E-state index in [1.807, 2.05) is 0 Å². The van der Waals surface area contributed by atoms with Crippen LogP contribution in [0.25, 0.3) is 0 Å². The van der Waals surface area contributed by atoms with Gasteiger partial charge in [0.1, 0.15) is 9.84 Å². The highest BCUT2D eigenvalue weighted by atomic mass is 32.2. The maximum atomic E-state index is 12.5. The number of thioether (sulfide) groups is 1. The van der Waals surface area contributed by atoms with Crippen molar-refractivity contribution in [2.45, 2.75) is 11.1 Å². The Morgan fingerprint density at radius 1 is 1.35 bits per heavy atom. The third-order valence-corrected chi connectivity index (χ3v) is 4.53. The van der Waals surface area contributed by atoms with Crippen molar-refractivity contribution < 1.29 is 31.5 Å². The molecule has 0 saturated carbocycles. The molecule has 4 nitrogen and oxygen atoms in total. The Morgan fingerprint density at radius 3 is 2.40 bits per heavy atom. The van der Waals surface area contributed by atoms with Crippen LogP contribution in [0.4, 0.5) is 13.2 Å². The molecule has 0 bridgehead atoms. The molecular weight excluding hydrogens is 317 g/mol. The van der Waals surface area contributed by atoms with E-state index in [-0.39, 0.29) is 16.4 Å². The summed E-state index contributed by atoms with van der Waals surface area (Å²) in [4.78, 5) is 11.1. The van der Waals surface area contributed by atoms with Gasteiger partial charge < -0.3 is 5.11 Å². The van der Waals surface area contributed by atoms with Crippen molar-refractivity contribution in [2.24, 2.45) is 0 Å². The molecule has 0 spiro atoms. The number of halogens is 3. The SMILES string of the molecule is CS(=O)(=O)CCSc1ccc(C(F)(F)F)cc1C(=O)O. The van der Waals surface area contributed by atoms with Crippen molar-refractivity contribution in [1.82, 2.24) is 0 Å². The van der Waals surface area contributed by atoms with Crippen molar-refractivity contribution in [3.8, 4) is 0 Å². The monoisotopic (exact) mass is 328 g/mol. The van der Waals surface area contributed by atoms with Crippen molar-refractivity contribution in [1.29, 1.82) is 0 Å². The second-order valence-corrected chi connectivity index (χ2v) is 7.39. The van der Waals surface area contributed by atoms with Gasteiger partial charge in [0.2, 0.25) is 0 Å². The van der Waals surface area contributed by atoms with E-state index in [0.29, 0.717) is 6.07 Å². The molecule has 9 heteroatoms. The molecule has 0 atom stereocenters. The van der Waals surface area contributed by atoms with Crippen LogP contribution in [0.2, 0.25) is 0 Å². The summed E-state index contributed by atoms with van der Waals surface area (Å²) in [6, 6.07) is 2.36. The Bertz CT molecular complexity index is 609. The molecule has 0 radical (unpaired) electrons. The lowest BCUT2D eigenvalue weighted by molar-refractivity contribution is -0.137. The molecule has 1 rings (SSSR count). The second kappa shape index (κ2) is 6.04. The summed E-state index contributed by atoms with van der Waals surface area (Å²) in [6.07, 6.45) is -3.60. The Kier molecular flexibility index (Phi) is 5.09. The van der Waals surface area contributed by atoms with Crippen LogP contribution in [0, 0.1) is 0 Å². The molecule has 0 aromatic heterocycles. The number of carboxylic acids is 1. The summed E-state index contributed by atoms with van der Waals surface area (Å²) in [5, 5.41) is 8.92. The third-order valence-electron chi connectivity index (χ3n) is 2.25. The molecule has 20 heavy (non-hydrogen) atoms. The van der Waals surface area contributed by atoms with Gasteiger partial charge in [-0.1, -0.05) is 0 Å². The average Bonchev–Trinajstić information content (AvgIpc) is 2.25. The summed E-state index contributed by atoms with van der Waals surface area (Å²) in [5.74, 6) is -1.60. The highest BCUT2D eigenvalue weighted by molar-refractivity contribution is 8.00. The average molecular weight is 328 g/mol. The van der Waals surface area contributed by atoms with Crippen LogP contribution >= 0.6 is 11.8 Å². The predicted molar refractivity (Wildman–Crippen MR) is 68.8 cm³/mol. The van der Waals surface area contributed by atoms with E-state index in [1.165, 1.54) is 0 Å². The first-order valence-electron chi connectivity index (χ1n) is 5.26. The van der Waals surface area contributed by atoms with Crippen LogP contribution in [0.3, 0.4) is 0 Å². The second-order valence-electron chi connectivity index (χ2n) is 3.99. The largest absolute Gasteiger partial charge is 0.478 e. The molecule has 0 saturated heterocycles. The van der Waals surface area contributed by atoms with E-state index in [9.17, 15) is 26.4 Å². The molecule has 112 valence electrons. The van der Waals surface area contributed by atoms with Gasteiger partial charge in [0.15, 0.2) is 0 Å². The van der Waals surface area contributed by atoms with Crippen molar-refractivity contribution in [3.05, 3.63) is 29.3 Å². The standard InChI is InChI=1S/C11H11F3O4S2/c1-20(17,18)5-4-19-9-3-2-7(11(12,13)14)6-8(9)10(15)16/h2-3,6H,4-5H2,1H3,(H,15,16). The van der Waals surface area contributed by atoms with Gasteiger partial charge in [-0.05, 0) is 18.2 Å². The van der Waals surface area contributed by atoms with Crippen molar-refractivity contribution in [2.75, 3.05) is 17.8 Å². The van der Waals surface area contributed by atoms with E-state index >= 15 is 0 Å². The molecule has 1 N–H and O–H groups in total. The maximum absolute atomic E-state index is 12.5. The molecule has 0 aliphatic heterocycles. The van der Waals surface area contributed by atoms with Gasteiger partial charge in [0.05, 0.1) is 16.9 Å². The zero-order valence-corrected chi connectivity index (χ0v) is 11.9. The summed E-state index contributed by atoms with van der Waals surface area (Å²) < 4.78 is 59.4. The van der Waals surface area contributed by atoms with E-state index in [1.54, 1.807) is 0 Å². The molecule has 0 aliphatic carbocycles. The smallest absolute Gasteiger partial charge is 0.416 e. The molecule has 0 amide bonds. The minimum atomic E-state index is -4.62. The zero-order valence-electron chi connectivity index (χ0n) is 10.3. The Labute approximate surface area is 117 Å². The first kappa shape index (κ1) is 16.8. The predicted octanol–water partition coefficient (Wildman–Crippen LogP) is 2.54. The summed E-state index contributed by atoms with van der Waals surface area (Å²) in [6.45, 7) is 0. The van der Waals surface area contributed by atoms with Crippen molar-refractivity contribution in [3.63, 3.8) is 0 Å². The number of aromatic carboxylic acids is 1. The molecule has 0 aliphatic rings. The fraction of sp³-hybridized carbons (Fsp3) is 0.364.